The lowest BCUT2D eigenvalue weighted by molar-refractivity contribution is 0.120. The molecular weight excluding hydrogens is 326 g/mol. The van der Waals surface area contributed by atoms with Gasteiger partial charge in [-0.2, -0.15) is 0 Å². The predicted molar refractivity (Wildman–Crippen MR) is 92.0 cm³/mol. The molecule has 1 aliphatic rings. The molecule has 2 aromatic rings. The largest absolute Gasteiger partial charge is 0.467 e. The number of benzene rings is 2. The Kier molecular flexibility index (Phi) is 4.69. The first-order valence-corrected chi connectivity index (χ1v) is 9.47. The molecule has 5 nitrogen and oxygen atoms in total. The highest BCUT2D eigenvalue weighted by Crippen LogP contribution is 2.31. The van der Waals surface area contributed by atoms with E-state index >= 15 is 0 Å². The predicted octanol–water partition coefficient (Wildman–Crippen LogP) is 2.62. The first-order chi connectivity index (χ1) is 11.5. The summed E-state index contributed by atoms with van der Waals surface area (Å²) in [6.45, 7) is 0.425. The number of methoxy groups -OCH3 is 1. The number of ether oxygens (including phenoxy) is 2. The molecule has 126 valence electrons. The molecule has 1 heterocycles. The van der Waals surface area contributed by atoms with Crippen LogP contribution in [0.2, 0.25) is 0 Å². The number of hydrogen-bond acceptors (Lipinski definition) is 5. The van der Waals surface area contributed by atoms with E-state index in [4.69, 9.17) is 9.47 Å². The van der Waals surface area contributed by atoms with Crippen molar-refractivity contribution in [2.75, 3.05) is 20.0 Å². The quantitative estimate of drug-likeness (QED) is 0.835. The molecule has 0 fully saturated rings. The minimum Gasteiger partial charge on any atom is -0.467 e. The minimum absolute atomic E-state index is 0.172. The highest BCUT2D eigenvalue weighted by molar-refractivity contribution is 7.90. The molecule has 0 saturated heterocycles. The minimum atomic E-state index is -3.21. The van der Waals surface area contributed by atoms with Gasteiger partial charge < -0.3 is 9.47 Å². The SMILES string of the molecule is COC[C@@H]1N=C(c2ccccc2)O[C@H]1c1ccc(S(C)(=O)=O)cc1. The average molecular weight is 345 g/mol. The van der Waals surface area contributed by atoms with Crippen LogP contribution in [0.4, 0.5) is 0 Å². The van der Waals surface area contributed by atoms with Gasteiger partial charge in [-0.3, -0.25) is 0 Å². The van der Waals surface area contributed by atoms with Gasteiger partial charge in [-0.05, 0) is 29.8 Å². The summed E-state index contributed by atoms with van der Waals surface area (Å²) >= 11 is 0. The normalized spacial score (nSPS) is 20.5. The van der Waals surface area contributed by atoms with Crippen LogP contribution in [0.5, 0.6) is 0 Å². The van der Waals surface area contributed by atoms with Gasteiger partial charge in [0, 0.05) is 18.9 Å². The molecule has 0 saturated carbocycles. The molecule has 0 amide bonds. The van der Waals surface area contributed by atoms with E-state index in [1.165, 1.54) is 6.26 Å². The van der Waals surface area contributed by atoms with Gasteiger partial charge in [0.1, 0.15) is 6.04 Å². The van der Waals surface area contributed by atoms with Crippen LogP contribution in [0.3, 0.4) is 0 Å². The third-order valence-corrected chi connectivity index (χ3v) is 4.99. The fraction of sp³-hybridized carbons (Fsp3) is 0.278. The lowest BCUT2D eigenvalue weighted by Gasteiger charge is -2.17. The Bertz CT molecular complexity index is 829. The van der Waals surface area contributed by atoms with Crippen LogP contribution in [0, 0.1) is 0 Å². The fourth-order valence-corrected chi connectivity index (χ4v) is 3.29. The van der Waals surface area contributed by atoms with Gasteiger partial charge in [0.2, 0.25) is 5.90 Å². The van der Waals surface area contributed by atoms with E-state index in [1.54, 1.807) is 31.4 Å². The van der Waals surface area contributed by atoms with Gasteiger partial charge in [-0.15, -0.1) is 0 Å². The van der Waals surface area contributed by atoms with Gasteiger partial charge in [-0.25, -0.2) is 13.4 Å². The summed E-state index contributed by atoms with van der Waals surface area (Å²) in [7, 11) is -1.59. The molecule has 2 atom stereocenters. The summed E-state index contributed by atoms with van der Waals surface area (Å²) in [5.74, 6) is 0.579. The van der Waals surface area contributed by atoms with Crippen molar-refractivity contribution in [3.05, 3.63) is 65.7 Å². The molecule has 6 heteroatoms. The van der Waals surface area contributed by atoms with Crippen molar-refractivity contribution in [2.45, 2.75) is 17.0 Å². The van der Waals surface area contributed by atoms with Crippen LogP contribution < -0.4 is 0 Å². The van der Waals surface area contributed by atoms with Gasteiger partial charge in [0.05, 0.1) is 11.5 Å². The first kappa shape index (κ1) is 16.7. The maximum Gasteiger partial charge on any atom is 0.217 e. The molecule has 1 aliphatic heterocycles. The third-order valence-electron chi connectivity index (χ3n) is 3.87. The van der Waals surface area contributed by atoms with Crippen molar-refractivity contribution in [1.82, 2.24) is 0 Å². The molecule has 0 unspecified atom stereocenters. The molecule has 0 bridgehead atoms. The summed E-state index contributed by atoms with van der Waals surface area (Å²) in [5, 5.41) is 0. The second-order valence-corrected chi connectivity index (χ2v) is 7.72. The molecule has 0 radical (unpaired) electrons. The standard InChI is InChI=1S/C18H19NO4S/c1-22-12-16-17(13-8-10-15(11-9-13)24(2,20)21)23-18(19-16)14-6-4-3-5-7-14/h3-11,16-17H,12H2,1-2H3/t16-,17-/m0/s1. The Labute approximate surface area is 141 Å². The van der Waals surface area contributed by atoms with E-state index in [-0.39, 0.29) is 17.0 Å². The van der Waals surface area contributed by atoms with Crippen molar-refractivity contribution in [1.29, 1.82) is 0 Å². The third kappa shape index (κ3) is 3.49. The Morgan fingerprint density at radius 2 is 1.75 bits per heavy atom. The number of sulfone groups is 1. The van der Waals surface area contributed by atoms with Crippen LogP contribution in [0.1, 0.15) is 17.2 Å². The first-order valence-electron chi connectivity index (χ1n) is 7.58. The van der Waals surface area contributed by atoms with Gasteiger partial charge in [0.25, 0.3) is 0 Å². The van der Waals surface area contributed by atoms with E-state index < -0.39 is 9.84 Å². The Morgan fingerprint density at radius 1 is 1.08 bits per heavy atom. The Hall–Kier alpha value is -2.18. The topological polar surface area (TPSA) is 65.0 Å². The molecule has 0 aliphatic carbocycles. The smallest absolute Gasteiger partial charge is 0.217 e. The summed E-state index contributed by atoms with van der Waals surface area (Å²) in [6.07, 6.45) is 0.895. The van der Waals surface area contributed by atoms with E-state index in [0.717, 1.165) is 11.1 Å². The zero-order valence-corrected chi connectivity index (χ0v) is 14.4. The van der Waals surface area contributed by atoms with Crippen LogP contribution in [0.15, 0.2) is 64.5 Å². The van der Waals surface area contributed by atoms with Crippen LogP contribution in [-0.2, 0) is 19.3 Å². The molecule has 2 aromatic carbocycles. The van der Waals surface area contributed by atoms with E-state index in [1.807, 2.05) is 30.3 Å². The lowest BCUT2D eigenvalue weighted by atomic mass is 10.0. The lowest BCUT2D eigenvalue weighted by Crippen LogP contribution is -2.19. The number of nitrogens with zero attached hydrogens (tertiary/aromatic N) is 1. The van der Waals surface area contributed by atoms with Crippen molar-refractivity contribution in [3.8, 4) is 0 Å². The molecule has 0 aromatic heterocycles. The summed E-state index contributed by atoms with van der Waals surface area (Å²) in [6, 6.07) is 16.2. The average Bonchev–Trinajstić information content (AvgIpc) is 2.99. The Balaban J connectivity index is 1.88. The monoisotopic (exact) mass is 345 g/mol. The maximum absolute atomic E-state index is 11.6. The summed E-state index contributed by atoms with van der Waals surface area (Å²) < 4.78 is 34.5. The molecule has 0 N–H and O–H groups in total. The number of hydrogen-bond donors (Lipinski definition) is 0. The summed E-state index contributed by atoms with van der Waals surface area (Å²) in [4.78, 5) is 4.92. The summed E-state index contributed by atoms with van der Waals surface area (Å²) in [5.41, 5.74) is 1.79. The number of aliphatic imine (C=N–C) groups is 1. The Morgan fingerprint density at radius 3 is 2.33 bits per heavy atom. The molecular formula is C18H19NO4S. The van der Waals surface area contributed by atoms with Gasteiger partial charge in [0.15, 0.2) is 15.9 Å². The zero-order valence-electron chi connectivity index (χ0n) is 13.5. The van der Waals surface area contributed by atoms with Crippen molar-refractivity contribution >= 4 is 15.7 Å². The highest BCUT2D eigenvalue weighted by Gasteiger charge is 2.33. The van der Waals surface area contributed by atoms with Crippen LogP contribution in [-0.4, -0.2) is 40.3 Å². The van der Waals surface area contributed by atoms with E-state index in [2.05, 4.69) is 4.99 Å². The van der Waals surface area contributed by atoms with Crippen molar-refractivity contribution < 1.29 is 17.9 Å². The fourth-order valence-electron chi connectivity index (χ4n) is 2.66. The highest BCUT2D eigenvalue weighted by atomic mass is 32.2. The van der Waals surface area contributed by atoms with Gasteiger partial charge in [-0.1, -0.05) is 30.3 Å². The van der Waals surface area contributed by atoms with E-state index in [0.29, 0.717) is 12.5 Å². The van der Waals surface area contributed by atoms with Crippen molar-refractivity contribution in [3.63, 3.8) is 0 Å². The van der Waals surface area contributed by atoms with E-state index in [9.17, 15) is 8.42 Å². The molecule has 24 heavy (non-hydrogen) atoms. The van der Waals surface area contributed by atoms with Crippen LogP contribution in [0.25, 0.3) is 0 Å². The second-order valence-electron chi connectivity index (χ2n) is 5.70. The second kappa shape index (κ2) is 6.75. The maximum atomic E-state index is 11.6. The molecule has 0 spiro atoms. The number of rotatable bonds is 5. The van der Waals surface area contributed by atoms with Crippen LogP contribution >= 0.6 is 0 Å². The zero-order chi connectivity index (χ0) is 17.2. The van der Waals surface area contributed by atoms with Gasteiger partial charge >= 0.3 is 0 Å². The van der Waals surface area contributed by atoms with Crippen molar-refractivity contribution in [2.24, 2.45) is 4.99 Å². The molecule has 3 rings (SSSR count).